The van der Waals surface area contributed by atoms with E-state index in [1.54, 1.807) is 19.2 Å². The second-order valence-electron chi connectivity index (χ2n) is 3.93. The monoisotopic (exact) mass is 249 g/mol. The number of nitriles is 1. The average Bonchev–Trinajstić information content (AvgIpc) is 2.36. The summed E-state index contributed by atoms with van der Waals surface area (Å²) >= 11 is 0. The topological polar surface area (TPSA) is 88.2 Å². The molecule has 96 valence electrons. The van der Waals surface area contributed by atoms with Crippen LogP contribution in [0, 0.1) is 21.4 Å². The molecule has 0 heterocycles. The van der Waals surface area contributed by atoms with Gasteiger partial charge in [-0.25, -0.2) is 0 Å². The summed E-state index contributed by atoms with van der Waals surface area (Å²) in [4.78, 5) is 10.2. The van der Waals surface area contributed by atoms with E-state index < -0.39 is 4.92 Å². The molecule has 0 saturated heterocycles. The maximum Gasteiger partial charge on any atom is 0.289 e. The summed E-state index contributed by atoms with van der Waals surface area (Å²) in [5.74, 6) is 0. The highest BCUT2D eigenvalue weighted by atomic mass is 16.6. The van der Waals surface area contributed by atoms with Crippen LogP contribution in [0.5, 0.6) is 0 Å². The molecule has 0 radical (unpaired) electrons. The van der Waals surface area contributed by atoms with Crippen LogP contribution >= 0.6 is 0 Å². The standard InChI is InChI=1S/C12H15N3O3/c1-9(5-6-18-2)14-11-4-3-10(8-13)12(7-11)15(16)17/h3-4,7,9,14H,5-6H2,1-2H3. The van der Waals surface area contributed by atoms with Crippen LogP contribution in [-0.4, -0.2) is 24.7 Å². The number of nitrogens with zero attached hydrogens (tertiary/aromatic N) is 2. The number of rotatable bonds is 6. The van der Waals surface area contributed by atoms with Gasteiger partial charge in [0.25, 0.3) is 5.69 Å². The zero-order chi connectivity index (χ0) is 13.5. The number of hydrogen-bond acceptors (Lipinski definition) is 5. The van der Waals surface area contributed by atoms with Crippen molar-refractivity contribution in [2.75, 3.05) is 19.0 Å². The number of hydrogen-bond donors (Lipinski definition) is 1. The van der Waals surface area contributed by atoms with Crippen LogP contribution in [0.3, 0.4) is 0 Å². The first-order valence-electron chi connectivity index (χ1n) is 5.52. The van der Waals surface area contributed by atoms with Crippen LogP contribution in [0.15, 0.2) is 18.2 Å². The van der Waals surface area contributed by atoms with Crippen molar-refractivity contribution in [1.29, 1.82) is 5.26 Å². The molecule has 1 rings (SSSR count). The van der Waals surface area contributed by atoms with E-state index in [1.165, 1.54) is 12.1 Å². The molecule has 0 bridgehead atoms. The fraction of sp³-hybridized carbons (Fsp3) is 0.417. The summed E-state index contributed by atoms with van der Waals surface area (Å²) in [5, 5.41) is 22.7. The van der Waals surface area contributed by atoms with Gasteiger partial charge in [0.1, 0.15) is 11.6 Å². The largest absolute Gasteiger partial charge is 0.385 e. The maximum atomic E-state index is 10.8. The number of nitro groups is 1. The Morgan fingerprint density at radius 2 is 2.33 bits per heavy atom. The van der Waals surface area contributed by atoms with Crippen molar-refractivity contribution < 1.29 is 9.66 Å². The Morgan fingerprint density at radius 3 is 2.89 bits per heavy atom. The molecule has 0 amide bonds. The fourth-order valence-corrected chi connectivity index (χ4v) is 1.52. The van der Waals surface area contributed by atoms with E-state index in [-0.39, 0.29) is 17.3 Å². The molecule has 0 spiro atoms. The minimum atomic E-state index is -0.552. The van der Waals surface area contributed by atoms with Crippen LogP contribution in [-0.2, 0) is 4.74 Å². The van der Waals surface area contributed by atoms with E-state index in [9.17, 15) is 10.1 Å². The first-order valence-corrected chi connectivity index (χ1v) is 5.52. The molecular weight excluding hydrogens is 234 g/mol. The summed E-state index contributed by atoms with van der Waals surface area (Å²) in [6.45, 7) is 2.58. The molecule has 0 aromatic heterocycles. The predicted molar refractivity (Wildman–Crippen MR) is 67.4 cm³/mol. The highest BCUT2D eigenvalue weighted by molar-refractivity contribution is 5.59. The normalized spacial score (nSPS) is 11.6. The quantitative estimate of drug-likeness (QED) is 0.617. The van der Waals surface area contributed by atoms with E-state index in [1.807, 2.05) is 6.92 Å². The van der Waals surface area contributed by atoms with Gasteiger partial charge in [-0.1, -0.05) is 0 Å². The Kier molecular flexibility index (Phi) is 5.08. The molecule has 0 aliphatic rings. The number of methoxy groups -OCH3 is 1. The Hall–Kier alpha value is -2.13. The van der Waals surface area contributed by atoms with Gasteiger partial charge in [0.2, 0.25) is 0 Å². The third kappa shape index (κ3) is 3.71. The molecule has 0 aliphatic carbocycles. The first kappa shape index (κ1) is 13.9. The Balaban J connectivity index is 2.82. The maximum absolute atomic E-state index is 10.8. The van der Waals surface area contributed by atoms with Crippen molar-refractivity contribution in [1.82, 2.24) is 0 Å². The molecule has 1 atom stereocenters. The highest BCUT2D eigenvalue weighted by Crippen LogP contribution is 2.23. The van der Waals surface area contributed by atoms with Crippen LogP contribution in [0.25, 0.3) is 0 Å². The Morgan fingerprint density at radius 1 is 1.61 bits per heavy atom. The van der Waals surface area contributed by atoms with Gasteiger partial charge in [-0.3, -0.25) is 10.1 Å². The molecule has 1 N–H and O–H groups in total. The minimum absolute atomic E-state index is 0.0649. The van der Waals surface area contributed by atoms with Crippen molar-refractivity contribution in [3.05, 3.63) is 33.9 Å². The molecule has 1 aromatic carbocycles. The van der Waals surface area contributed by atoms with Crippen molar-refractivity contribution in [3.63, 3.8) is 0 Å². The van der Waals surface area contributed by atoms with Crippen molar-refractivity contribution in [2.24, 2.45) is 0 Å². The van der Waals surface area contributed by atoms with E-state index in [0.717, 1.165) is 6.42 Å². The number of nitro benzene ring substituents is 1. The van der Waals surface area contributed by atoms with E-state index in [2.05, 4.69) is 5.32 Å². The molecule has 0 saturated carbocycles. The number of benzene rings is 1. The van der Waals surface area contributed by atoms with Crippen LogP contribution < -0.4 is 5.32 Å². The van der Waals surface area contributed by atoms with Gasteiger partial charge in [0.05, 0.1) is 4.92 Å². The number of ether oxygens (including phenoxy) is 1. The SMILES string of the molecule is COCCC(C)Nc1ccc(C#N)c([N+](=O)[O-])c1. The molecule has 6 heteroatoms. The molecular formula is C12H15N3O3. The zero-order valence-corrected chi connectivity index (χ0v) is 10.3. The summed E-state index contributed by atoms with van der Waals surface area (Å²) in [6.07, 6.45) is 0.796. The molecule has 0 aliphatic heterocycles. The predicted octanol–water partition coefficient (Wildman–Crippen LogP) is 2.30. The summed E-state index contributed by atoms with van der Waals surface area (Å²) in [5.41, 5.74) is 0.515. The molecule has 6 nitrogen and oxygen atoms in total. The van der Waals surface area contributed by atoms with Gasteiger partial charge < -0.3 is 10.1 Å². The molecule has 18 heavy (non-hydrogen) atoms. The fourth-order valence-electron chi connectivity index (χ4n) is 1.52. The van der Waals surface area contributed by atoms with Gasteiger partial charge >= 0.3 is 0 Å². The van der Waals surface area contributed by atoms with E-state index in [0.29, 0.717) is 12.3 Å². The lowest BCUT2D eigenvalue weighted by atomic mass is 10.1. The molecule has 1 unspecified atom stereocenters. The van der Waals surface area contributed by atoms with Gasteiger partial charge in [0.15, 0.2) is 0 Å². The average molecular weight is 249 g/mol. The second-order valence-corrected chi connectivity index (χ2v) is 3.93. The van der Waals surface area contributed by atoms with Crippen molar-refractivity contribution >= 4 is 11.4 Å². The highest BCUT2D eigenvalue weighted by Gasteiger charge is 2.14. The molecule has 0 fully saturated rings. The van der Waals surface area contributed by atoms with Gasteiger partial charge in [-0.2, -0.15) is 5.26 Å². The Bertz CT molecular complexity index is 468. The number of nitrogens with one attached hydrogen (secondary N) is 1. The summed E-state index contributed by atoms with van der Waals surface area (Å²) in [6, 6.07) is 6.43. The van der Waals surface area contributed by atoms with Crippen LogP contribution in [0.1, 0.15) is 18.9 Å². The lowest BCUT2D eigenvalue weighted by Crippen LogP contribution is -2.17. The second kappa shape index (κ2) is 6.57. The third-order valence-corrected chi connectivity index (χ3v) is 2.48. The summed E-state index contributed by atoms with van der Waals surface area (Å²) in [7, 11) is 1.62. The number of anilines is 1. The Labute approximate surface area is 105 Å². The summed E-state index contributed by atoms with van der Waals surface area (Å²) < 4.78 is 4.96. The zero-order valence-electron chi connectivity index (χ0n) is 10.3. The minimum Gasteiger partial charge on any atom is -0.385 e. The lowest BCUT2D eigenvalue weighted by Gasteiger charge is -2.14. The van der Waals surface area contributed by atoms with Crippen LogP contribution in [0.4, 0.5) is 11.4 Å². The van der Waals surface area contributed by atoms with E-state index in [4.69, 9.17) is 10.00 Å². The lowest BCUT2D eigenvalue weighted by molar-refractivity contribution is -0.385. The van der Waals surface area contributed by atoms with Gasteiger partial charge in [-0.05, 0) is 25.5 Å². The van der Waals surface area contributed by atoms with Gasteiger partial charge in [-0.15, -0.1) is 0 Å². The third-order valence-electron chi connectivity index (χ3n) is 2.48. The van der Waals surface area contributed by atoms with Crippen molar-refractivity contribution in [3.8, 4) is 6.07 Å². The van der Waals surface area contributed by atoms with Crippen molar-refractivity contribution in [2.45, 2.75) is 19.4 Å². The molecule has 1 aromatic rings. The van der Waals surface area contributed by atoms with Gasteiger partial charge in [0, 0.05) is 31.5 Å². The van der Waals surface area contributed by atoms with E-state index >= 15 is 0 Å². The first-order chi connectivity index (χ1) is 8.58. The smallest absolute Gasteiger partial charge is 0.289 e. The van der Waals surface area contributed by atoms with Crippen LogP contribution in [0.2, 0.25) is 0 Å².